The Morgan fingerprint density at radius 1 is 1.02 bits per heavy atom. The second-order valence-electron chi connectivity index (χ2n) is 12.3. The maximum absolute atomic E-state index is 13.9. The Kier molecular flexibility index (Phi) is 16.5. The monoisotopic (exact) mass is 629 g/mol. The van der Waals surface area contributed by atoms with Gasteiger partial charge in [-0.15, -0.1) is 0 Å². The van der Waals surface area contributed by atoms with E-state index < -0.39 is 29.9 Å². The highest BCUT2D eigenvalue weighted by Crippen LogP contribution is 2.27. The highest BCUT2D eigenvalue weighted by molar-refractivity contribution is 5.91. The number of amides is 3. The summed E-state index contributed by atoms with van der Waals surface area (Å²) in [6.45, 7) is 8.14. The molecule has 1 aromatic rings. The molecule has 0 radical (unpaired) electrons. The fourth-order valence-corrected chi connectivity index (χ4v) is 5.72. The summed E-state index contributed by atoms with van der Waals surface area (Å²) in [6, 6.07) is 3.58. The van der Waals surface area contributed by atoms with E-state index in [1.165, 1.54) is 0 Å². The number of ether oxygens (including phenoxy) is 3. The number of hydrogen-bond donors (Lipinski definition) is 2. The van der Waals surface area contributed by atoms with Crippen molar-refractivity contribution in [2.45, 2.75) is 104 Å². The molecule has 3 amide bonds. The van der Waals surface area contributed by atoms with E-state index in [1.54, 1.807) is 39.2 Å². The third-order valence-electron chi connectivity index (χ3n) is 8.14. The quantitative estimate of drug-likeness (QED) is 0.255. The Labute approximate surface area is 269 Å². The third kappa shape index (κ3) is 12.4. The lowest BCUT2D eigenvalue weighted by Gasteiger charge is -2.29. The Balaban J connectivity index is 2.41. The number of nitrogens with one attached hydrogen (secondary N) is 2. The summed E-state index contributed by atoms with van der Waals surface area (Å²) in [6.07, 6.45) is 9.93. The highest BCUT2D eigenvalue weighted by Gasteiger charge is 2.34. The van der Waals surface area contributed by atoms with Gasteiger partial charge in [-0.1, -0.05) is 45.8 Å². The molecule has 10 heteroatoms. The lowest BCUT2D eigenvalue weighted by molar-refractivity contribution is -0.149. The summed E-state index contributed by atoms with van der Waals surface area (Å²) < 4.78 is 16.2. The van der Waals surface area contributed by atoms with Crippen molar-refractivity contribution in [1.29, 1.82) is 0 Å². The first kappa shape index (κ1) is 37.6. The Morgan fingerprint density at radius 3 is 2.42 bits per heavy atom. The summed E-state index contributed by atoms with van der Waals surface area (Å²) >= 11 is 0. The lowest BCUT2D eigenvalue weighted by atomic mass is 9.92. The lowest BCUT2D eigenvalue weighted by Crippen LogP contribution is -2.54. The molecule has 0 aliphatic carbocycles. The second kappa shape index (κ2) is 19.7. The van der Waals surface area contributed by atoms with Crippen LogP contribution in [0.4, 0.5) is 0 Å². The molecule has 0 aromatic heterocycles. The predicted molar refractivity (Wildman–Crippen MR) is 175 cm³/mol. The van der Waals surface area contributed by atoms with Crippen LogP contribution in [0, 0.1) is 17.8 Å². The van der Waals surface area contributed by atoms with Crippen molar-refractivity contribution < 1.29 is 33.4 Å². The average Bonchev–Trinajstić information content (AvgIpc) is 3.01. The third-order valence-corrected chi connectivity index (χ3v) is 8.14. The van der Waals surface area contributed by atoms with Crippen molar-refractivity contribution in [1.82, 2.24) is 15.5 Å². The number of rotatable bonds is 11. The summed E-state index contributed by atoms with van der Waals surface area (Å²) in [5.74, 6) is -0.755. The van der Waals surface area contributed by atoms with Crippen molar-refractivity contribution in [2.75, 3.05) is 27.9 Å². The number of methoxy groups -OCH3 is 2. The van der Waals surface area contributed by atoms with Crippen molar-refractivity contribution in [3.8, 4) is 11.5 Å². The smallest absolute Gasteiger partial charge is 0.328 e. The van der Waals surface area contributed by atoms with E-state index in [4.69, 9.17) is 14.2 Å². The van der Waals surface area contributed by atoms with Crippen LogP contribution in [0.3, 0.4) is 0 Å². The zero-order valence-electron chi connectivity index (χ0n) is 28.4. The molecule has 1 aliphatic rings. The van der Waals surface area contributed by atoms with E-state index in [1.807, 2.05) is 32.1 Å². The van der Waals surface area contributed by atoms with Crippen LogP contribution >= 0.6 is 0 Å². The molecular weight excluding hydrogens is 574 g/mol. The van der Waals surface area contributed by atoms with E-state index in [9.17, 15) is 19.2 Å². The predicted octanol–water partition coefficient (Wildman–Crippen LogP) is 5.18. The topological polar surface area (TPSA) is 123 Å². The molecule has 1 aliphatic heterocycles. The molecule has 1 heterocycles. The number of carbonyl (C=O) groups excluding carboxylic acids is 4. The molecule has 4 atom stereocenters. The standard InChI is InChI=1S/C35H55N3O7/c1-8-15-25-16-13-11-10-12-14-17-26(34(41)38(5)23-27-18-19-28(43-6)22-31(27)44-7)21-30(35(42)45-9-2)37-33(40)29(20-24(3)4)36-32(25)39/h12,14,18-19,22,24-26,29-30H,8-11,13,15-17,20-21,23H2,1-7H3,(H,36,39)(H,37,40)/b14-12-/t25?,26?,29-,30-/m0/s1. The Bertz CT molecular complexity index is 1140. The number of benzene rings is 1. The van der Waals surface area contributed by atoms with Crippen LogP contribution in [-0.2, 0) is 30.5 Å². The first-order valence-corrected chi connectivity index (χ1v) is 16.4. The number of hydrogen-bond acceptors (Lipinski definition) is 7. The van der Waals surface area contributed by atoms with Crippen molar-refractivity contribution in [3.63, 3.8) is 0 Å². The first-order chi connectivity index (χ1) is 21.5. The molecule has 45 heavy (non-hydrogen) atoms. The van der Waals surface area contributed by atoms with Crippen molar-refractivity contribution in [3.05, 3.63) is 35.9 Å². The highest BCUT2D eigenvalue weighted by atomic mass is 16.5. The first-order valence-electron chi connectivity index (χ1n) is 16.4. The van der Waals surface area contributed by atoms with Gasteiger partial charge in [0, 0.05) is 37.1 Å². The van der Waals surface area contributed by atoms with Crippen LogP contribution in [0.15, 0.2) is 30.4 Å². The van der Waals surface area contributed by atoms with E-state index in [0.29, 0.717) is 24.3 Å². The SMILES string of the molecule is CCCC1CCCC/C=C\CC(C(=O)N(C)Cc2ccc(OC)cc2OC)C[C@@H](C(=O)OCC)NC(=O)[C@H](CC(C)C)NC1=O. The minimum atomic E-state index is -1.06. The molecular formula is C35H55N3O7. The molecule has 0 fully saturated rings. The Morgan fingerprint density at radius 2 is 1.78 bits per heavy atom. The summed E-state index contributed by atoms with van der Waals surface area (Å²) in [7, 11) is 4.86. The van der Waals surface area contributed by atoms with Gasteiger partial charge in [-0.25, -0.2) is 4.79 Å². The fraction of sp³-hybridized carbons (Fsp3) is 0.657. The van der Waals surface area contributed by atoms with Gasteiger partial charge in [-0.3, -0.25) is 14.4 Å². The van der Waals surface area contributed by atoms with Gasteiger partial charge in [-0.2, -0.15) is 0 Å². The van der Waals surface area contributed by atoms with Crippen LogP contribution in [-0.4, -0.2) is 68.5 Å². The van der Waals surface area contributed by atoms with Crippen molar-refractivity contribution >= 4 is 23.7 Å². The van der Waals surface area contributed by atoms with Gasteiger partial charge in [0.1, 0.15) is 23.6 Å². The van der Waals surface area contributed by atoms with Gasteiger partial charge in [-0.05, 0) is 69.9 Å². The van der Waals surface area contributed by atoms with Gasteiger partial charge < -0.3 is 29.7 Å². The molecule has 2 N–H and O–H groups in total. The minimum Gasteiger partial charge on any atom is -0.497 e. The van der Waals surface area contributed by atoms with E-state index in [2.05, 4.69) is 23.6 Å². The molecule has 0 spiro atoms. The fourth-order valence-electron chi connectivity index (χ4n) is 5.72. The number of nitrogens with zero attached hydrogens (tertiary/aromatic N) is 1. The molecule has 10 nitrogen and oxygen atoms in total. The van der Waals surface area contributed by atoms with Crippen LogP contribution in [0.1, 0.15) is 91.0 Å². The Hall–Kier alpha value is -3.56. The molecule has 0 bridgehead atoms. The van der Waals surface area contributed by atoms with E-state index >= 15 is 0 Å². The number of esters is 1. The summed E-state index contributed by atoms with van der Waals surface area (Å²) in [4.78, 5) is 55.7. The molecule has 1 aromatic carbocycles. The summed E-state index contributed by atoms with van der Waals surface area (Å²) in [5, 5.41) is 5.85. The molecule has 0 saturated carbocycles. The molecule has 0 saturated heterocycles. The van der Waals surface area contributed by atoms with Crippen LogP contribution in [0.2, 0.25) is 0 Å². The van der Waals surface area contributed by atoms with Gasteiger partial charge >= 0.3 is 5.97 Å². The van der Waals surface area contributed by atoms with Crippen molar-refractivity contribution in [2.24, 2.45) is 17.8 Å². The molecule has 252 valence electrons. The molecule has 2 rings (SSSR count). The maximum Gasteiger partial charge on any atom is 0.328 e. The normalized spacial score (nSPS) is 22.6. The minimum absolute atomic E-state index is 0.0542. The maximum atomic E-state index is 13.9. The van der Waals surface area contributed by atoms with Gasteiger partial charge in [0.05, 0.1) is 20.8 Å². The zero-order chi connectivity index (χ0) is 33.4. The largest absolute Gasteiger partial charge is 0.497 e. The van der Waals surface area contributed by atoms with E-state index in [-0.39, 0.29) is 43.2 Å². The van der Waals surface area contributed by atoms with Crippen LogP contribution in [0.5, 0.6) is 11.5 Å². The summed E-state index contributed by atoms with van der Waals surface area (Å²) in [5.41, 5.74) is 0.807. The van der Waals surface area contributed by atoms with Gasteiger partial charge in [0.25, 0.3) is 0 Å². The molecule has 2 unspecified atom stereocenters. The van der Waals surface area contributed by atoms with Crippen LogP contribution < -0.4 is 20.1 Å². The number of carbonyl (C=O) groups is 4. The zero-order valence-corrected chi connectivity index (χ0v) is 28.4. The average molecular weight is 630 g/mol. The van der Waals surface area contributed by atoms with E-state index in [0.717, 1.165) is 44.1 Å². The number of allylic oxidation sites excluding steroid dienone is 2. The van der Waals surface area contributed by atoms with Crippen LogP contribution in [0.25, 0.3) is 0 Å². The van der Waals surface area contributed by atoms with Gasteiger partial charge in [0.15, 0.2) is 0 Å². The van der Waals surface area contributed by atoms with Gasteiger partial charge in [0.2, 0.25) is 17.7 Å². The second-order valence-corrected chi connectivity index (χ2v) is 12.3.